The van der Waals surface area contributed by atoms with Crippen molar-refractivity contribution in [3.63, 3.8) is 0 Å². The molecule has 1 aromatic carbocycles. The second-order valence-electron chi connectivity index (χ2n) is 7.36. The van der Waals surface area contributed by atoms with Crippen molar-refractivity contribution in [3.8, 4) is 0 Å². The number of aromatic nitrogens is 2. The van der Waals surface area contributed by atoms with Gasteiger partial charge in [0.05, 0.1) is 12.7 Å². The highest BCUT2D eigenvalue weighted by molar-refractivity contribution is 5.89. The number of carbonyl (C=O) groups excluding carboxylic acids is 1. The van der Waals surface area contributed by atoms with Crippen LogP contribution in [-0.2, 0) is 17.7 Å². The Morgan fingerprint density at radius 3 is 2.85 bits per heavy atom. The fourth-order valence-electron chi connectivity index (χ4n) is 4.02. The third-order valence-corrected chi connectivity index (χ3v) is 5.54. The predicted octanol–water partition coefficient (Wildman–Crippen LogP) is 3.57. The molecule has 6 heteroatoms. The third-order valence-electron chi connectivity index (χ3n) is 5.54. The molecule has 0 atom stereocenters. The summed E-state index contributed by atoms with van der Waals surface area (Å²) in [7, 11) is 1.41. The standard InChI is InChI=1S/C21H26N4O2/c1-27-20(26)16-7-8-17-14-25(12-10-15(17)13-16)19-9-11-22-21(24-19)23-18-5-3-2-4-6-18/h7-9,11,13,18H,2-6,10,12,14H2,1H3,(H,22,23,24). The number of ether oxygens (including phenoxy) is 1. The van der Waals surface area contributed by atoms with Gasteiger partial charge in [0.1, 0.15) is 5.82 Å². The van der Waals surface area contributed by atoms with Crippen LogP contribution in [0.1, 0.15) is 53.6 Å². The number of rotatable bonds is 4. The van der Waals surface area contributed by atoms with Gasteiger partial charge in [0, 0.05) is 25.3 Å². The topological polar surface area (TPSA) is 67.3 Å². The highest BCUT2D eigenvalue weighted by atomic mass is 16.5. The summed E-state index contributed by atoms with van der Waals surface area (Å²) in [6, 6.07) is 8.28. The van der Waals surface area contributed by atoms with Crippen LogP contribution in [0.4, 0.5) is 11.8 Å². The van der Waals surface area contributed by atoms with Crippen LogP contribution in [0.5, 0.6) is 0 Å². The Balaban J connectivity index is 1.47. The first-order valence-corrected chi connectivity index (χ1v) is 9.77. The Bertz CT molecular complexity index is 818. The van der Waals surface area contributed by atoms with Crippen molar-refractivity contribution in [1.29, 1.82) is 0 Å². The lowest BCUT2D eigenvalue weighted by atomic mass is 9.96. The smallest absolute Gasteiger partial charge is 0.337 e. The van der Waals surface area contributed by atoms with E-state index >= 15 is 0 Å². The lowest BCUT2D eigenvalue weighted by Gasteiger charge is -2.30. The van der Waals surface area contributed by atoms with E-state index in [2.05, 4.69) is 15.2 Å². The van der Waals surface area contributed by atoms with Gasteiger partial charge >= 0.3 is 5.97 Å². The van der Waals surface area contributed by atoms with Crippen molar-refractivity contribution in [2.24, 2.45) is 0 Å². The van der Waals surface area contributed by atoms with E-state index in [-0.39, 0.29) is 5.97 Å². The summed E-state index contributed by atoms with van der Waals surface area (Å²) in [6.07, 6.45) is 9.03. The van der Waals surface area contributed by atoms with E-state index in [0.717, 1.165) is 31.3 Å². The van der Waals surface area contributed by atoms with Crippen molar-refractivity contribution >= 4 is 17.7 Å². The van der Waals surface area contributed by atoms with Crippen LogP contribution in [0.3, 0.4) is 0 Å². The normalized spacial score (nSPS) is 17.3. The highest BCUT2D eigenvalue weighted by Gasteiger charge is 2.20. The molecule has 1 saturated carbocycles. The maximum Gasteiger partial charge on any atom is 0.337 e. The number of hydrogen-bond donors (Lipinski definition) is 1. The predicted molar refractivity (Wildman–Crippen MR) is 105 cm³/mol. The van der Waals surface area contributed by atoms with Gasteiger partial charge in [0.15, 0.2) is 0 Å². The van der Waals surface area contributed by atoms with Gasteiger partial charge in [-0.2, -0.15) is 4.98 Å². The number of hydrogen-bond acceptors (Lipinski definition) is 6. The number of nitrogens with zero attached hydrogens (tertiary/aromatic N) is 3. The summed E-state index contributed by atoms with van der Waals surface area (Å²) in [5.74, 6) is 1.40. The van der Waals surface area contributed by atoms with Crippen LogP contribution < -0.4 is 10.2 Å². The first kappa shape index (κ1) is 17.8. The number of benzene rings is 1. The zero-order valence-electron chi connectivity index (χ0n) is 15.8. The molecule has 1 fully saturated rings. The van der Waals surface area contributed by atoms with Crippen molar-refractivity contribution in [1.82, 2.24) is 9.97 Å². The van der Waals surface area contributed by atoms with Gasteiger partial charge in [-0.25, -0.2) is 9.78 Å². The zero-order valence-corrected chi connectivity index (χ0v) is 15.8. The van der Waals surface area contributed by atoms with Gasteiger partial charge in [0.2, 0.25) is 5.95 Å². The molecule has 1 aromatic heterocycles. The summed E-state index contributed by atoms with van der Waals surface area (Å²) in [5, 5.41) is 3.51. The molecule has 1 N–H and O–H groups in total. The maximum atomic E-state index is 11.7. The molecule has 27 heavy (non-hydrogen) atoms. The van der Waals surface area contributed by atoms with Crippen molar-refractivity contribution in [2.45, 2.75) is 51.1 Å². The van der Waals surface area contributed by atoms with Crippen LogP contribution in [0, 0.1) is 0 Å². The monoisotopic (exact) mass is 366 g/mol. The van der Waals surface area contributed by atoms with E-state index < -0.39 is 0 Å². The number of fused-ring (bicyclic) bond motifs is 1. The summed E-state index contributed by atoms with van der Waals surface area (Å²) in [6.45, 7) is 1.66. The van der Waals surface area contributed by atoms with E-state index in [9.17, 15) is 4.79 Å². The minimum Gasteiger partial charge on any atom is -0.465 e. The van der Waals surface area contributed by atoms with Crippen LogP contribution >= 0.6 is 0 Å². The van der Waals surface area contributed by atoms with E-state index in [4.69, 9.17) is 9.72 Å². The van der Waals surface area contributed by atoms with E-state index in [1.807, 2.05) is 30.5 Å². The SMILES string of the molecule is COC(=O)c1ccc2c(c1)CCN(c1ccnc(NC3CCCCC3)n1)C2. The quantitative estimate of drug-likeness (QED) is 0.835. The van der Waals surface area contributed by atoms with Crippen LogP contribution in [-0.4, -0.2) is 35.6 Å². The second-order valence-corrected chi connectivity index (χ2v) is 7.36. The fourth-order valence-corrected chi connectivity index (χ4v) is 4.02. The summed E-state index contributed by atoms with van der Waals surface area (Å²) in [5.41, 5.74) is 3.06. The van der Waals surface area contributed by atoms with Crippen molar-refractivity contribution in [3.05, 3.63) is 47.2 Å². The molecule has 1 aliphatic heterocycles. The van der Waals surface area contributed by atoms with Crippen molar-refractivity contribution in [2.75, 3.05) is 23.9 Å². The van der Waals surface area contributed by atoms with Crippen molar-refractivity contribution < 1.29 is 9.53 Å². The third kappa shape index (κ3) is 4.04. The number of carbonyl (C=O) groups is 1. The number of nitrogens with one attached hydrogen (secondary N) is 1. The van der Waals surface area contributed by atoms with Crippen LogP contribution in [0.25, 0.3) is 0 Å². The van der Waals surface area contributed by atoms with Gasteiger partial charge in [0.25, 0.3) is 0 Å². The first-order valence-electron chi connectivity index (χ1n) is 9.77. The lowest BCUT2D eigenvalue weighted by Crippen LogP contribution is -2.31. The summed E-state index contributed by atoms with van der Waals surface area (Å²) < 4.78 is 4.82. The fraction of sp³-hybridized carbons (Fsp3) is 0.476. The molecule has 0 saturated heterocycles. The van der Waals surface area contributed by atoms with Gasteiger partial charge in [-0.15, -0.1) is 0 Å². The molecule has 4 rings (SSSR count). The molecule has 6 nitrogen and oxygen atoms in total. The van der Waals surface area contributed by atoms with Gasteiger partial charge in [-0.05, 0) is 48.6 Å². The average Bonchev–Trinajstić information content (AvgIpc) is 2.73. The Kier molecular flexibility index (Phi) is 5.23. The number of anilines is 2. The van der Waals surface area contributed by atoms with Gasteiger partial charge < -0.3 is 15.0 Å². The molecule has 1 aliphatic carbocycles. The lowest BCUT2D eigenvalue weighted by molar-refractivity contribution is 0.0600. The van der Waals surface area contributed by atoms with Crippen LogP contribution in [0.15, 0.2) is 30.5 Å². The van der Waals surface area contributed by atoms with Gasteiger partial charge in [-0.3, -0.25) is 0 Å². The van der Waals surface area contributed by atoms with E-state index in [1.54, 1.807) is 0 Å². The molecular formula is C21H26N4O2. The minimum atomic E-state index is -0.283. The molecular weight excluding hydrogens is 340 g/mol. The molecule has 0 unspecified atom stereocenters. The molecule has 0 radical (unpaired) electrons. The molecule has 2 heterocycles. The molecule has 142 valence electrons. The summed E-state index contributed by atoms with van der Waals surface area (Å²) in [4.78, 5) is 23.2. The molecule has 0 amide bonds. The molecule has 0 spiro atoms. The second kappa shape index (κ2) is 7.94. The maximum absolute atomic E-state index is 11.7. The largest absolute Gasteiger partial charge is 0.465 e. The Morgan fingerprint density at radius 2 is 2.04 bits per heavy atom. The first-order chi connectivity index (χ1) is 13.2. The number of methoxy groups -OCH3 is 1. The zero-order chi connectivity index (χ0) is 18.6. The molecule has 0 bridgehead atoms. The molecule has 2 aliphatic rings. The summed E-state index contributed by atoms with van der Waals surface area (Å²) >= 11 is 0. The number of esters is 1. The van der Waals surface area contributed by atoms with Gasteiger partial charge in [-0.1, -0.05) is 25.3 Å². The van der Waals surface area contributed by atoms with E-state index in [0.29, 0.717) is 11.6 Å². The van der Waals surface area contributed by atoms with E-state index in [1.165, 1.54) is 50.3 Å². The Hall–Kier alpha value is -2.63. The Morgan fingerprint density at radius 1 is 1.19 bits per heavy atom. The highest BCUT2D eigenvalue weighted by Crippen LogP contribution is 2.26. The Labute approximate surface area is 160 Å². The molecule has 2 aromatic rings. The van der Waals surface area contributed by atoms with Crippen LogP contribution in [0.2, 0.25) is 0 Å². The average molecular weight is 366 g/mol. The minimum absolute atomic E-state index is 0.283.